The van der Waals surface area contributed by atoms with E-state index < -0.39 is 0 Å². The van der Waals surface area contributed by atoms with Gasteiger partial charge in [-0.25, -0.2) is 0 Å². The van der Waals surface area contributed by atoms with Crippen molar-refractivity contribution in [2.45, 2.75) is 45.1 Å². The van der Waals surface area contributed by atoms with Gasteiger partial charge in [0.2, 0.25) is 0 Å². The normalized spacial score (nSPS) is 39.4. The van der Waals surface area contributed by atoms with Crippen LogP contribution in [0.15, 0.2) is 0 Å². The van der Waals surface area contributed by atoms with Gasteiger partial charge in [-0.2, -0.15) is 0 Å². The summed E-state index contributed by atoms with van der Waals surface area (Å²) in [4.78, 5) is 2.63. The minimum atomic E-state index is 0.512. The van der Waals surface area contributed by atoms with E-state index in [4.69, 9.17) is 5.73 Å². The van der Waals surface area contributed by atoms with Gasteiger partial charge in [0.1, 0.15) is 0 Å². The first-order chi connectivity index (χ1) is 6.74. The molecular formula is C12H24N2. The van der Waals surface area contributed by atoms with Crippen molar-refractivity contribution in [3.05, 3.63) is 0 Å². The van der Waals surface area contributed by atoms with Crippen molar-refractivity contribution in [1.29, 1.82) is 0 Å². The van der Waals surface area contributed by atoms with Crippen LogP contribution in [0.1, 0.15) is 39.0 Å². The summed E-state index contributed by atoms with van der Waals surface area (Å²) in [5.74, 6) is 1.86. The highest BCUT2D eigenvalue weighted by Crippen LogP contribution is 2.27. The maximum absolute atomic E-state index is 5.92. The van der Waals surface area contributed by atoms with Crippen LogP contribution in [0.2, 0.25) is 0 Å². The van der Waals surface area contributed by atoms with Gasteiger partial charge in [0, 0.05) is 12.6 Å². The van der Waals surface area contributed by atoms with Gasteiger partial charge in [0.15, 0.2) is 0 Å². The molecule has 3 unspecified atom stereocenters. The monoisotopic (exact) mass is 196 g/mol. The first-order valence-electron chi connectivity index (χ1n) is 6.22. The van der Waals surface area contributed by atoms with Crippen LogP contribution >= 0.6 is 0 Å². The van der Waals surface area contributed by atoms with E-state index in [9.17, 15) is 0 Å². The van der Waals surface area contributed by atoms with E-state index in [2.05, 4.69) is 11.8 Å². The largest absolute Gasteiger partial charge is 0.328 e. The Bertz CT molecular complexity index is 161. The quantitative estimate of drug-likeness (QED) is 0.746. The fraction of sp³-hybridized carbons (Fsp3) is 1.00. The number of likely N-dealkylation sites (tertiary alicyclic amines) is 1. The third kappa shape index (κ3) is 2.71. The van der Waals surface area contributed by atoms with Crippen molar-refractivity contribution in [2.75, 3.05) is 19.6 Å². The molecular weight excluding hydrogens is 172 g/mol. The van der Waals surface area contributed by atoms with Gasteiger partial charge >= 0.3 is 0 Å². The van der Waals surface area contributed by atoms with Crippen LogP contribution in [0.5, 0.6) is 0 Å². The zero-order chi connectivity index (χ0) is 9.97. The molecule has 0 aromatic rings. The molecule has 82 valence electrons. The Morgan fingerprint density at radius 2 is 2.14 bits per heavy atom. The topological polar surface area (TPSA) is 29.3 Å². The zero-order valence-corrected chi connectivity index (χ0v) is 9.41. The van der Waals surface area contributed by atoms with Gasteiger partial charge in [0.25, 0.3) is 0 Å². The molecule has 0 aromatic heterocycles. The van der Waals surface area contributed by atoms with E-state index in [1.54, 1.807) is 0 Å². The van der Waals surface area contributed by atoms with Crippen molar-refractivity contribution >= 4 is 0 Å². The molecule has 1 aliphatic heterocycles. The molecule has 2 aliphatic rings. The van der Waals surface area contributed by atoms with Crippen LogP contribution in [0.25, 0.3) is 0 Å². The lowest BCUT2D eigenvalue weighted by atomic mass is 10.0. The lowest BCUT2D eigenvalue weighted by Gasteiger charge is -2.17. The lowest BCUT2D eigenvalue weighted by Crippen LogP contribution is -2.23. The Labute approximate surface area is 87.8 Å². The van der Waals surface area contributed by atoms with Crippen molar-refractivity contribution in [3.8, 4) is 0 Å². The Kier molecular flexibility index (Phi) is 3.45. The van der Waals surface area contributed by atoms with E-state index in [1.807, 2.05) is 0 Å². The molecule has 3 atom stereocenters. The maximum atomic E-state index is 5.92. The predicted octanol–water partition coefficient (Wildman–Crippen LogP) is 1.85. The minimum absolute atomic E-state index is 0.512. The molecule has 14 heavy (non-hydrogen) atoms. The van der Waals surface area contributed by atoms with Gasteiger partial charge < -0.3 is 10.6 Å². The first-order valence-corrected chi connectivity index (χ1v) is 6.22. The van der Waals surface area contributed by atoms with E-state index >= 15 is 0 Å². The fourth-order valence-electron chi connectivity index (χ4n) is 2.97. The standard InChI is InChI=1S/C12H24N2/c1-10-4-6-14(9-10)7-5-11-2-3-12(13)8-11/h10-12H,2-9,13H2,1H3. The van der Waals surface area contributed by atoms with Crippen molar-refractivity contribution in [2.24, 2.45) is 17.6 Å². The maximum Gasteiger partial charge on any atom is 0.00415 e. The first kappa shape index (κ1) is 10.4. The molecule has 2 nitrogen and oxygen atoms in total. The van der Waals surface area contributed by atoms with Crippen LogP contribution < -0.4 is 5.73 Å². The van der Waals surface area contributed by atoms with Gasteiger partial charge in [0.05, 0.1) is 0 Å². The van der Waals surface area contributed by atoms with E-state index in [0.717, 1.165) is 11.8 Å². The summed E-state index contributed by atoms with van der Waals surface area (Å²) in [7, 11) is 0. The highest BCUT2D eigenvalue weighted by molar-refractivity contribution is 4.80. The molecule has 1 saturated carbocycles. The molecule has 0 radical (unpaired) electrons. The molecule has 2 fully saturated rings. The fourth-order valence-corrected chi connectivity index (χ4v) is 2.97. The SMILES string of the molecule is CC1CCN(CCC2CCC(N)C2)C1. The Balaban J connectivity index is 1.63. The summed E-state index contributed by atoms with van der Waals surface area (Å²) in [6.45, 7) is 6.35. The molecule has 1 aliphatic carbocycles. The smallest absolute Gasteiger partial charge is 0.00415 e. The average Bonchev–Trinajstić information content (AvgIpc) is 2.72. The average molecular weight is 196 g/mol. The second-order valence-electron chi connectivity index (χ2n) is 5.42. The Morgan fingerprint density at radius 1 is 1.29 bits per heavy atom. The minimum Gasteiger partial charge on any atom is -0.328 e. The zero-order valence-electron chi connectivity index (χ0n) is 9.41. The molecule has 1 saturated heterocycles. The number of nitrogens with zero attached hydrogens (tertiary/aromatic N) is 1. The molecule has 0 spiro atoms. The third-order valence-corrected chi connectivity index (χ3v) is 3.94. The molecule has 2 rings (SSSR count). The number of hydrogen-bond acceptors (Lipinski definition) is 2. The second kappa shape index (κ2) is 4.63. The number of rotatable bonds is 3. The summed E-state index contributed by atoms with van der Waals surface area (Å²) >= 11 is 0. The van der Waals surface area contributed by atoms with Crippen LogP contribution in [-0.2, 0) is 0 Å². The van der Waals surface area contributed by atoms with Gasteiger partial charge in [-0.05, 0) is 57.0 Å². The van der Waals surface area contributed by atoms with Crippen LogP contribution in [0.4, 0.5) is 0 Å². The lowest BCUT2D eigenvalue weighted by molar-refractivity contribution is 0.294. The van der Waals surface area contributed by atoms with Crippen LogP contribution in [-0.4, -0.2) is 30.6 Å². The molecule has 2 heteroatoms. The molecule has 2 N–H and O–H groups in total. The highest BCUT2D eigenvalue weighted by atomic mass is 15.1. The van der Waals surface area contributed by atoms with E-state index in [-0.39, 0.29) is 0 Å². The molecule has 0 amide bonds. The summed E-state index contributed by atoms with van der Waals surface area (Å²) in [6, 6.07) is 0.512. The predicted molar refractivity (Wildman–Crippen MR) is 60.2 cm³/mol. The number of hydrogen-bond donors (Lipinski definition) is 1. The van der Waals surface area contributed by atoms with Crippen LogP contribution in [0, 0.1) is 11.8 Å². The number of nitrogens with two attached hydrogens (primary N) is 1. The Morgan fingerprint density at radius 3 is 2.71 bits per heavy atom. The van der Waals surface area contributed by atoms with E-state index in [1.165, 1.54) is 51.7 Å². The van der Waals surface area contributed by atoms with Crippen molar-refractivity contribution in [1.82, 2.24) is 4.90 Å². The molecule has 1 heterocycles. The summed E-state index contributed by atoms with van der Waals surface area (Å²) in [5, 5.41) is 0. The van der Waals surface area contributed by atoms with Crippen molar-refractivity contribution < 1.29 is 0 Å². The van der Waals surface area contributed by atoms with Crippen molar-refractivity contribution in [3.63, 3.8) is 0 Å². The molecule has 0 bridgehead atoms. The Hall–Kier alpha value is -0.0800. The second-order valence-corrected chi connectivity index (χ2v) is 5.42. The molecule has 0 aromatic carbocycles. The van der Waals surface area contributed by atoms with Crippen LogP contribution in [0.3, 0.4) is 0 Å². The van der Waals surface area contributed by atoms with Gasteiger partial charge in [-0.1, -0.05) is 6.92 Å². The summed E-state index contributed by atoms with van der Waals surface area (Å²) in [5.41, 5.74) is 5.92. The summed E-state index contributed by atoms with van der Waals surface area (Å²) in [6.07, 6.45) is 6.72. The third-order valence-electron chi connectivity index (χ3n) is 3.94. The summed E-state index contributed by atoms with van der Waals surface area (Å²) < 4.78 is 0. The van der Waals surface area contributed by atoms with Gasteiger partial charge in [-0.15, -0.1) is 0 Å². The van der Waals surface area contributed by atoms with E-state index in [0.29, 0.717) is 6.04 Å². The highest BCUT2D eigenvalue weighted by Gasteiger charge is 2.24. The van der Waals surface area contributed by atoms with Gasteiger partial charge in [-0.3, -0.25) is 0 Å².